The Balaban J connectivity index is 1.54. The van der Waals surface area contributed by atoms with Gasteiger partial charge in [0, 0.05) is 30.2 Å². The van der Waals surface area contributed by atoms with Crippen LogP contribution in [0.25, 0.3) is 16.9 Å². The smallest absolute Gasteiger partial charge is 0.239 e. The van der Waals surface area contributed by atoms with Crippen molar-refractivity contribution in [3.05, 3.63) is 70.9 Å². The molecule has 0 bridgehead atoms. The molecule has 0 saturated heterocycles. The molecule has 1 aliphatic rings. The minimum atomic E-state index is -0.912. The Hall–Kier alpha value is -3.71. The van der Waals surface area contributed by atoms with E-state index in [0.29, 0.717) is 41.8 Å². The normalized spacial score (nSPS) is 13.7. The number of aliphatic hydroxyl groups is 1. The van der Waals surface area contributed by atoms with Gasteiger partial charge < -0.3 is 15.2 Å². The third-order valence-electron chi connectivity index (χ3n) is 6.57. The molecule has 1 aliphatic carbocycles. The van der Waals surface area contributed by atoms with E-state index in [1.54, 1.807) is 30.6 Å². The molecule has 2 aromatic heterocycles. The van der Waals surface area contributed by atoms with E-state index in [4.69, 9.17) is 9.84 Å². The Bertz CT molecular complexity index is 1460. The maximum Gasteiger partial charge on any atom is 0.239 e. The van der Waals surface area contributed by atoms with Crippen LogP contribution in [0, 0.1) is 26.7 Å². The molecule has 1 saturated carbocycles. The van der Waals surface area contributed by atoms with Crippen LogP contribution in [0.1, 0.15) is 60.2 Å². The number of rotatable bonds is 9. The van der Waals surface area contributed by atoms with Crippen molar-refractivity contribution < 1.29 is 14.6 Å². The number of ketones is 1. The van der Waals surface area contributed by atoms with Gasteiger partial charge in [-0.3, -0.25) is 4.79 Å². The Morgan fingerprint density at radius 3 is 2.49 bits per heavy atom. The summed E-state index contributed by atoms with van der Waals surface area (Å²) < 4.78 is 7.95. The molecule has 7 nitrogen and oxygen atoms in total. The van der Waals surface area contributed by atoms with Gasteiger partial charge in [-0.1, -0.05) is 18.2 Å². The average Bonchev–Trinajstić information content (AvgIpc) is 3.51. The second-order valence-electron chi connectivity index (χ2n) is 11.0. The standard InChI is InChI=1S/C30H34N4O3/c1-18-10-19(2)12-23(11-18)37-28-15-25(32-17-30(4,5)36)29-31-16-26(34(29)33-28)22-8-9-24(20(3)13-22)27(35)14-21-6-7-21/h8-13,15-16,21,32,36H,6-7,14,17H2,1-5H3. The van der Waals surface area contributed by atoms with Gasteiger partial charge in [-0.15, -0.1) is 5.10 Å². The van der Waals surface area contributed by atoms with Crippen LogP contribution in [0.4, 0.5) is 5.69 Å². The minimum Gasteiger partial charge on any atom is -0.437 e. The first-order valence-corrected chi connectivity index (χ1v) is 12.8. The summed E-state index contributed by atoms with van der Waals surface area (Å²) >= 11 is 0. The summed E-state index contributed by atoms with van der Waals surface area (Å²) in [7, 11) is 0. The van der Waals surface area contributed by atoms with Crippen molar-refractivity contribution in [2.75, 3.05) is 11.9 Å². The van der Waals surface area contributed by atoms with E-state index < -0.39 is 5.60 Å². The van der Waals surface area contributed by atoms with Crippen molar-refractivity contribution >= 4 is 17.1 Å². The predicted octanol–water partition coefficient (Wildman–Crippen LogP) is 6.28. The summed E-state index contributed by atoms with van der Waals surface area (Å²) in [5.41, 5.74) is 6.05. The lowest BCUT2D eigenvalue weighted by atomic mass is 9.98. The van der Waals surface area contributed by atoms with Gasteiger partial charge in [0.2, 0.25) is 5.88 Å². The SMILES string of the molecule is Cc1cc(C)cc(Oc2cc(NCC(C)(C)O)c3ncc(-c4ccc(C(=O)CC5CC5)c(C)c4)n3n2)c1. The molecule has 4 aromatic rings. The van der Waals surface area contributed by atoms with Crippen molar-refractivity contribution in [2.45, 2.75) is 59.5 Å². The topological polar surface area (TPSA) is 88.7 Å². The number of anilines is 1. The van der Waals surface area contributed by atoms with Crippen LogP contribution in [0.3, 0.4) is 0 Å². The first kappa shape index (κ1) is 25.0. The van der Waals surface area contributed by atoms with E-state index in [9.17, 15) is 9.90 Å². The summed E-state index contributed by atoms with van der Waals surface area (Å²) in [6.45, 7) is 9.86. The minimum absolute atomic E-state index is 0.213. The van der Waals surface area contributed by atoms with Crippen LogP contribution in [0.5, 0.6) is 11.6 Å². The average molecular weight is 499 g/mol. The van der Waals surface area contributed by atoms with Gasteiger partial charge in [-0.25, -0.2) is 9.50 Å². The van der Waals surface area contributed by atoms with Crippen molar-refractivity contribution in [3.8, 4) is 22.9 Å². The fourth-order valence-electron chi connectivity index (χ4n) is 4.58. The van der Waals surface area contributed by atoms with E-state index in [1.807, 2.05) is 51.1 Å². The van der Waals surface area contributed by atoms with E-state index in [2.05, 4.69) is 16.4 Å². The highest BCUT2D eigenvalue weighted by atomic mass is 16.5. The fourth-order valence-corrected chi connectivity index (χ4v) is 4.58. The van der Waals surface area contributed by atoms with Crippen LogP contribution in [0.2, 0.25) is 0 Å². The molecular formula is C30H34N4O3. The molecule has 7 heteroatoms. The number of benzene rings is 2. The summed E-state index contributed by atoms with van der Waals surface area (Å²) in [5.74, 6) is 1.88. The molecule has 0 amide bonds. The number of nitrogens with zero attached hydrogens (tertiary/aromatic N) is 3. The highest BCUT2D eigenvalue weighted by Crippen LogP contribution is 2.35. The van der Waals surface area contributed by atoms with Crippen LogP contribution in [0.15, 0.2) is 48.7 Å². The van der Waals surface area contributed by atoms with Gasteiger partial charge in [-0.05, 0) is 88.3 Å². The monoisotopic (exact) mass is 498 g/mol. The van der Waals surface area contributed by atoms with Crippen molar-refractivity contribution in [3.63, 3.8) is 0 Å². The number of hydrogen-bond donors (Lipinski definition) is 2. The number of hydrogen-bond acceptors (Lipinski definition) is 6. The largest absolute Gasteiger partial charge is 0.437 e. The Kier molecular flexibility index (Phi) is 6.50. The van der Waals surface area contributed by atoms with E-state index >= 15 is 0 Å². The van der Waals surface area contributed by atoms with Crippen LogP contribution >= 0.6 is 0 Å². The molecule has 0 spiro atoms. The molecule has 0 aliphatic heterocycles. The molecular weight excluding hydrogens is 464 g/mol. The highest BCUT2D eigenvalue weighted by Gasteiger charge is 2.26. The maximum absolute atomic E-state index is 12.7. The van der Waals surface area contributed by atoms with E-state index in [0.717, 1.165) is 46.4 Å². The van der Waals surface area contributed by atoms with Gasteiger partial charge >= 0.3 is 0 Å². The van der Waals surface area contributed by atoms with Gasteiger partial charge in [0.15, 0.2) is 11.4 Å². The number of carbonyl (C=O) groups excluding carboxylic acids is 1. The number of nitrogens with one attached hydrogen (secondary N) is 1. The summed E-state index contributed by atoms with van der Waals surface area (Å²) in [6, 6.07) is 13.7. The number of Topliss-reactive ketones (excluding diaryl/α,β-unsaturated/α-hetero) is 1. The first-order valence-electron chi connectivity index (χ1n) is 12.8. The highest BCUT2D eigenvalue weighted by molar-refractivity contribution is 5.98. The fraction of sp³-hybridized carbons (Fsp3) is 0.367. The quantitative estimate of drug-likeness (QED) is 0.264. The molecule has 1 fully saturated rings. The number of fused-ring (bicyclic) bond motifs is 1. The van der Waals surface area contributed by atoms with Gasteiger partial charge in [0.05, 0.1) is 23.2 Å². The lowest BCUT2D eigenvalue weighted by Gasteiger charge is -2.19. The lowest BCUT2D eigenvalue weighted by Crippen LogP contribution is -2.29. The number of imidazole rings is 1. The summed E-state index contributed by atoms with van der Waals surface area (Å²) in [4.78, 5) is 17.4. The van der Waals surface area contributed by atoms with E-state index in [1.165, 1.54) is 0 Å². The van der Waals surface area contributed by atoms with Crippen LogP contribution in [-0.4, -0.2) is 37.6 Å². The number of ether oxygens (including phenoxy) is 1. The Morgan fingerprint density at radius 2 is 1.84 bits per heavy atom. The zero-order valence-electron chi connectivity index (χ0n) is 22.1. The molecule has 2 N–H and O–H groups in total. The zero-order chi connectivity index (χ0) is 26.3. The van der Waals surface area contributed by atoms with Crippen molar-refractivity contribution in [1.29, 1.82) is 0 Å². The van der Waals surface area contributed by atoms with Gasteiger partial charge in [-0.2, -0.15) is 0 Å². The van der Waals surface area contributed by atoms with Crippen LogP contribution in [-0.2, 0) is 0 Å². The number of carbonyl (C=O) groups is 1. The zero-order valence-corrected chi connectivity index (χ0v) is 22.1. The molecule has 5 rings (SSSR count). The lowest BCUT2D eigenvalue weighted by molar-refractivity contribution is 0.0943. The second kappa shape index (κ2) is 9.63. The summed E-state index contributed by atoms with van der Waals surface area (Å²) in [6.07, 6.45) is 4.73. The molecule has 37 heavy (non-hydrogen) atoms. The number of aromatic nitrogens is 3. The van der Waals surface area contributed by atoms with E-state index in [-0.39, 0.29) is 5.78 Å². The molecule has 0 unspecified atom stereocenters. The van der Waals surface area contributed by atoms with Crippen molar-refractivity contribution in [1.82, 2.24) is 14.6 Å². The van der Waals surface area contributed by atoms with Crippen molar-refractivity contribution in [2.24, 2.45) is 5.92 Å². The van der Waals surface area contributed by atoms with Gasteiger partial charge in [0.25, 0.3) is 0 Å². The second-order valence-corrected chi connectivity index (χ2v) is 11.0. The van der Waals surface area contributed by atoms with Crippen LogP contribution < -0.4 is 10.1 Å². The Morgan fingerprint density at radius 1 is 1.11 bits per heavy atom. The molecule has 0 atom stereocenters. The predicted molar refractivity (Wildman–Crippen MR) is 146 cm³/mol. The molecule has 2 aromatic carbocycles. The molecule has 0 radical (unpaired) electrons. The third-order valence-corrected chi connectivity index (χ3v) is 6.57. The Labute approximate surface area is 217 Å². The third kappa shape index (κ3) is 5.83. The maximum atomic E-state index is 12.7. The number of aryl methyl sites for hydroxylation is 3. The summed E-state index contributed by atoms with van der Waals surface area (Å²) in [5, 5.41) is 18.4. The molecule has 192 valence electrons. The first-order chi connectivity index (χ1) is 17.6. The molecule has 2 heterocycles. The van der Waals surface area contributed by atoms with Gasteiger partial charge in [0.1, 0.15) is 5.75 Å².